The molecule has 0 aliphatic carbocycles. The van der Waals surface area contributed by atoms with Gasteiger partial charge in [-0.2, -0.15) is 16.9 Å². The number of H-pyrrole nitrogens is 1. The van der Waals surface area contributed by atoms with Gasteiger partial charge in [-0.1, -0.05) is 6.92 Å². The van der Waals surface area contributed by atoms with Crippen molar-refractivity contribution < 1.29 is 4.79 Å². The molecule has 2 rings (SSSR count). The minimum Gasteiger partial charge on any atom is -0.305 e. The molecule has 2 aromatic rings. The Balaban J connectivity index is 1.92. The smallest absolute Gasteiger partial charge is 0.305 e. The van der Waals surface area contributed by atoms with Gasteiger partial charge >= 0.3 is 6.03 Å². The van der Waals surface area contributed by atoms with E-state index in [4.69, 9.17) is 0 Å². The van der Waals surface area contributed by atoms with E-state index >= 15 is 0 Å². The minimum atomic E-state index is -0.339. The molecule has 0 unspecified atom stereocenters. The zero-order chi connectivity index (χ0) is 13.5. The van der Waals surface area contributed by atoms with Crippen LogP contribution in [0.1, 0.15) is 12.5 Å². The monoisotopic (exact) mass is 277 g/mol. The summed E-state index contributed by atoms with van der Waals surface area (Å²) in [6.45, 7) is 2.11. The second kappa shape index (κ2) is 6.79. The molecule has 19 heavy (non-hydrogen) atoms. The van der Waals surface area contributed by atoms with E-state index in [1.807, 2.05) is 23.9 Å². The van der Waals surface area contributed by atoms with Crippen molar-refractivity contribution in [3.8, 4) is 0 Å². The van der Waals surface area contributed by atoms with Crippen LogP contribution in [-0.4, -0.2) is 27.0 Å². The van der Waals surface area contributed by atoms with Crippen LogP contribution in [0.5, 0.6) is 0 Å². The van der Waals surface area contributed by atoms with Crippen molar-refractivity contribution in [3.05, 3.63) is 36.3 Å². The topological polar surface area (TPSA) is 82.7 Å². The SMILES string of the molecule is CCSCc1ccnc(NC(=O)Nc2cn[nH]c2)c1. The molecule has 0 atom stereocenters. The predicted molar refractivity (Wildman–Crippen MR) is 77.3 cm³/mol. The van der Waals surface area contributed by atoms with Crippen LogP contribution in [0.2, 0.25) is 0 Å². The average molecular weight is 277 g/mol. The maximum atomic E-state index is 11.7. The largest absolute Gasteiger partial charge is 0.324 e. The summed E-state index contributed by atoms with van der Waals surface area (Å²) in [5, 5.41) is 11.7. The maximum absolute atomic E-state index is 11.7. The van der Waals surface area contributed by atoms with Crippen LogP contribution < -0.4 is 10.6 Å². The molecule has 0 saturated heterocycles. The predicted octanol–water partition coefficient (Wildman–Crippen LogP) is 2.70. The summed E-state index contributed by atoms with van der Waals surface area (Å²) in [7, 11) is 0. The molecule has 0 fully saturated rings. The molecule has 0 aliphatic heterocycles. The fourth-order valence-electron chi connectivity index (χ4n) is 1.45. The van der Waals surface area contributed by atoms with Crippen molar-refractivity contribution in [1.29, 1.82) is 0 Å². The van der Waals surface area contributed by atoms with Crippen molar-refractivity contribution in [2.75, 3.05) is 16.4 Å². The van der Waals surface area contributed by atoms with Gasteiger partial charge in [-0.3, -0.25) is 10.4 Å². The van der Waals surface area contributed by atoms with Gasteiger partial charge in [0.2, 0.25) is 0 Å². The van der Waals surface area contributed by atoms with Gasteiger partial charge < -0.3 is 5.32 Å². The molecule has 2 aromatic heterocycles. The molecule has 0 aromatic carbocycles. The summed E-state index contributed by atoms with van der Waals surface area (Å²) < 4.78 is 0. The summed E-state index contributed by atoms with van der Waals surface area (Å²) in [5.74, 6) is 2.51. The number of amides is 2. The van der Waals surface area contributed by atoms with E-state index in [0.29, 0.717) is 11.5 Å². The van der Waals surface area contributed by atoms with Crippen LogP contribution in [0.15, 0.2) is 30.7 Å². The van der Waals surface area contributed by atoms with Gasteiger partial charge in [0.1, 0.15) is 5.82 Å². The summed E-state index contributed by atoms with van der Waals surface area (Å²) >= 11 is 1.82. The highest BCUT2D eigenvalue weighted by atomic mass is 32.2. The van der Waals surface area contributed by atoms with Crippen LogP contribution in [0.3, 0.4) is 0 Å². The molecule has 100 valence electrons. The summed E-state index contributed by atoms with van der Waals surface area (Å²) in [4.78, 5) is 15.8. The zero-order valence-electron chi connectivity index (χ0n) is 10.5. The number of nitrogens with one attached hydrogen (secondary N) is 3. The lowest BCUT2D eigenvalue weighted by Crippen LogP contribution is -2.19. The Hall–Kier alpha value is -2.02. The number of nitrogens with zero attached hydrogens (tertiary/aromatic N) is 2. The van der Waals surface area contributed by atoms with Crippen molar-refractivity contribution in [2.24, 2.45) is 0 Å². The quantitative estimate of drug-likeness (QED) is 0.784. The van der Waals surface area contributed by atoms with Gasteiger partial charge in [-0.05, 0) is 23.4 Å². The Morgan fingerprint density at radius 1 is 1.47 bits per heavy atom. The van der Waals surface area contributed by atoms with Crippen molar-refractivity contribution in [1.82, 2.24) is 15.2 Å². The van der Waals surface area contributed by atoms with E-state index in [2.05, 4.69) is 32.7 Å². The zero-order valence-corrected chi connectivity index (χ0v) is 11.3. The van der Waals surface area contributed by atoms with Gasteiger partial charge in [-0.25, -0.2) is 9.78 Å². The molecule has 7 heteroatoms. The highest BCUT2D eigenvalue weighted by Gasteiger charge is 2.04. The lowest BCUT2D eigenvalue weighted by Gasteiger charge is -2.06. The third-order valence-corrected chi connectivity index (χ3v) is 3.24. The molecule has 6 nitrogen and oxygen atoms in total. The van der Waals surface area contributed by atoms with Crippen molar-refractivity contribution >= 4 is 29.3 Å². The summed E-state index contributed by atoms with van der Waals surface area (Å²) in [5.41, 5.74) is 1.75. The molecule has 0 radical (unpaired) electrons. The average Bonchev–Trinajstić information content (AvgIpc) is 2.89. The number of urea groups is 1. The lowest BCUT2D eigenvalue weighted by atomic mass is 10.3. The van der Waals surface area contributed by atoms with E-state index < -0.39 is 0 Å². The second-order valence-electron chi connectivity index (χ2n) is 3.75. The van der Waals surface area contributed by atoms with Gasteiger partial charge in [-0.15, -0.1) is 0 Å². The van der Waals surface area contributed by atoms with Crippen molar-refractivity contribution in [2.45, 2.75) is 12.7 Å². The number of anilines is 2. The highest BCUT2D eigenvalue weighted by molar-refractivity contribution is 7.98. The van der Waals surface area contributed by atoms with Gasteiger partial charge in [0.15, 0.2) is 0 Å². The van der Waals surface area contributed by atoms with Crippen LogP contribution in [0, 0.1) is 0 Å². The number of aromatic nitrogens is 3. The summed E-state index contributed by atoms with van der Waals surface area (Å²) in [6, 6.07) is 3.48. The first-order chi connectivity index (χ1) is 9.28. The number of thioether (sulfide) groups is 1. The normalized spacial score (nSPS) is 10.2. The Bertz CT molecular complexity index is 529. The third-order valence-electron chi connectivity index (χ3n) is 2.29. The van der Waals surface area contributed by atoms with E-state index in [9.17, 15) is 4.79 Å². The van der Waals surface area contributed by atoms with Crippen LogP contribution >= 0.6 is 11.8 Å². The molecule has 2 heterocycles. The Labute approximate surface area is 115 Å². The lowest BCUT2D eigenvalue weighted by molar-refractivity contribution is 0.262. The fraction of sp³-hybridized carbons (Fsp3) is 0.250. The molecule has 3 N–H and O–H groups in total. The van der Waals surface area contributed by atoms with E-state index in [1.165, 1.54) is 6.20 Å². The first kappa shape index (κ1) is 13.4. The summed E-state index contributed by atoms with van der Waals surface area (Å²) in [6.07, 6.45) is 4.82. The Kier molecular flexibility index (Phi) is 4.79. The maximum Gasteiger partial charge on any atom is 0.324 e. The number of carbonyl (C=O) groups excluding carboxylic acids is 1. The highest BCUT2D eigenvalue weighted by Crippen LogP contribution is 2.14. The van der Waals surface area contributed by atoms with Gasteiger partial charge in [0.25, 0.3) is 0 Å². The molecule has 0 aliphatic rings. The van der Waals surface area contributed by atoms with E-state index in [1.54, 1.807) is 12.4 Å². The van der Waals surface area contributed by atoms with Gasteiger partial charge in [0, 0.05) is 18.1 Å². The first-order valence-corrected chi connectivity index (χ1v) is 7.03. The minimum absolute atomic E-state index is 0.339. The number of pyridine rings is 1. The number of carbonyl (C=O) groups is 1. The number of rotatable bonds is 5. The Morgan fingerprint density at radius 3 is 3.11 bits per heavy atom. The standard InChI is InChI=1S/C12H15N5OS/c1-2-19-8-9-3-4-13-11(5-9)17-12(18)16-10-6-14-15-7-10/h3-7H,2,8H2,1H3,(H,14,15)(H2,13,16,17,18). The number of aromatic amines is 1. The van der Waals surface area contributed by atoms with E-state index in [0.717, 1.165) is 17.1 Å². The molecule has 0 spiro atoms. The first-order valence-electron chi connectivity index (χ1n) is 5.87. The molecule has 2 amide bonds. The van der Waals surface area contributed by atoms with E-state index in [-0.39, 0.29) is 6.03 Å². The van der Waals surface area contributed by atoms with Crippen molar-refractivity contribution in [3.63, 3.8) is 0 Å². The number of hydrogen-bond acceptors (Lipinski definition) is 4. The van der Waals surface area contributed by atoms with Crippen LogP contribution in [0.4, 0.5) is 16.3 Å². The second-order valence-corrected chi connectivity index (χ2v) is 5.03. The molecule has 0 saturated carbocycles. The molecule has 0 bridgehead atoms. The molecular weight excluding hydrogens is 262 g/mol. The van der Waals surface area contributed by atoms with Gasteiger partial charge in [0.05, 0.1) is 11.9 Å². The van der Waals surface area contributed by atoms with Crippen LogP contribution in [-0.2, 0) is 5.75 Å². The van der Waals surface area contributed by atoms with Crippen LogP contribution in [0.25, 0.3) is 0 Å². The number of hydrogen-bond donors (Lipinski definition) is 3. The third kappa shape index (κ3) is 4.29. The fourth-order valence-corrected chi connectivity index (χ4v) is 2.07. The Morgan fingerprint density at radius 2 is 2.37 bits per heavy atom. The molecular formula is C12H15N5OS.